The second kappa shape index (κ2) is 6.11. The lowest BCUT2D eigenvalue weighted by molar-refractivity contribution is -0.384. The summed E-state index contributed by atoms with van der Waals surface area (Å²) in [6, 6.07) is -0.0605. The highest BCUT2D eigenvalue weighted by Gasteiger charge is 2.33. The molecule has 1 heterocycles. The number of hydrogen-bond acceptors (Lipinski definition) is 5. The second-order valence-electron chi connectivity index (χ2n) is 5.46. The number of carbonyl (C=O) groups is 1. The van der Waals surface area contributed by atoms with Crippen molar-refractivity contribution in [3.8, 4) is 0 Å². The number of aryl methyl sites for hydroxylation is 2. The molecule has 2 atom stereocenters. The van der Waals surface area contributed by atoms with Crippen LogP contribution in [0.3, 0.4) is 0 Å². The lowest BCUT2D eigenvalue weighted by Crippen LogP contribution is -2.20. The Morgan fingerprint density at radius 2 is 2.29 bits per heavy atom. The molecule has 0 spiro atoms. The third-order valence-corrected chi connectivity index (χ3v) is 3.88. The van der Waals surface area contributed by atoms with E-state index in [0.717, 1.165) is 6.42 Å². The molecule has 0 saturated heterocycles. The number of aliphatic carboxylic acids is 1. The Morgan fingerprint density at radius 3 is 2.81 bits per heavy atom. The monoisotopic (exact) mass is 296 g/mol. The number of carboxylic acids is 1. The maximum Gasteiger partial charge on any atom is 0.333 e. The fourth-order valence-corrected chi connectivity index (χ4v) is 2.86. The highest BCUT2D eigenvalue weighted by atomic mass is 16.6. The minimum absolute atomic E-state index is 0.0122. The molecule has 1 aromatic heterocycles. The Hall–Kier alpha value is -2.12. The molecule has 0 unspecified atom stereocenters. The van der Waals surface area contributed by atoms with Gasteiger partial charge in [0.05, 0.1) is 10.8 Å². The van der Waals surface area contributed by atoms with Crippen LogP contribution < -0.4 is 5.32 Å². The van der Waals surface area contributed by atoms with E-state index in [-0.39, 0.29) is 17.6 Å². The number of aromatic nitrogens is 2. The molecule has 0 amide bonds. The maximum absolute atomic E-state index is 11.3. The van der Waals surface area contributed by atoms with Gasteiger partial charge < -0.3 is 10.4 Å². The Morgan fingerprint density at radius 1 is 1.57 bits per heavy atom. The largest absolute Gasteiger partial charge is 0.481 e. The smallest absolute Gasteiger partial charge is 0.333 e. The van der Waals surface area contributed by atoms with Crippen LogP contribution in [0.4, 0.5) is 11.5 Å². The molecule has 21 heavy (non-hydrogen) atoms. The van der Waals surface area contributed by atoms with Gasteiger partial charge in [-0.2, -0.15) is 5.10 Å². The number of carboxylic acid groups (broad SMARTS) is 1. The Labute approximate surface area is 122 Å². The number of hydrogen-bond donors (Lipinski definition) is 2. The first-order valence-corrected chi connectivity index (χ1v) is 7.13. The Balaban J connectivity index is 2.20. The van der Waals surface area contributed by atoms with Crippen molar-refractivity contribution in [1.29, 1.82) is 0 Å². The average molecular weight is 296 g/mol. The van der Waals surface area contributed by atoms with Crippen LogP contribution in [-0.2, 0) is 18.3 Å². The molecule has 1 aromatic rings. The Kier molecular flexibility index (Phi) is 4.44. The van der Waals surface area contributed by atoms with Crippen molar-refractivity contribution in [2.75, 3.05) is 5.32 Å². The molecule has 8 nitrogen and oxygen atoms in total. The summed E-state index contributed by atoms with van der Waals surface area (Å²) in [5.41, 5.74) is 0.485. The van der Waals surface area contributed by atoms with Gasteiger partial charge in [0, 0.05) is 13.1 Å². The van der Waals surface area contributed by atoms with Gasteiger partial charge in [-0.1, -0.05) is 13.3 Å². The van der Waals surface area contributed by atoms with Gasteiger partial charge in [0.1, 0.15) is 5.69 Å². The topological polar surface area (TPSA) is 110 Å². The molecule has 1 saturated carbocycles. The number of anilines is 1. The molecule has 0 aliphatic heterocycles. The lowest BCUT2D eigenvalue weighted by atomic mass is 10.1. The molecular formula is C13H20N4O4. The first-order chi connectivity index (χ1) is 9.93. The number of rotatable bonds is 6. The zero-order valence-electron chi connectivity index (χ0n) is 12.2. The van der Waals surface area contributed by atoms with Crippen LogP contribution in [0, 0.1) is 16.0 Å². The van der Waals surface area contributed by atoms with E-state index in [1.807, 2.05) is 6.92 Å². The SMILES string of the molecule is CCCc1nn(C)c(N[C@H]2CC[C@@H](C(=O)O)C2)c1[N+](=O)[O-]. The van der Waals surface area contributed by atoms with Crippen LogP contribution >= 0.6 is 0 Å². The quantitative estimate of drug-likeness (QED) is 0.613. The zero-order valence-corrected chi connectivity index (χ0v) is 12.2. The molecule has 116 valence electrons. The first kappa shape index (κ1) is 15.3. The van der Waals surface area contributed by atoms with E-state index in [0.29, 0.717) is 37.2 Å². The van der Waals surface area contributed by atoms with Crippen molar-refractivity contribution < 1.29 is 14.8 Å². The van der Waals surface area contributed by atoms with Crippen molar-refractivity contribution in [3.05, 3.63) is 15.8 Å². The highest BCUT2D eigenvalue weighted by Crippen LogP contribution is 2.33. The second-order valence-corrected chi connectivity index (χ2v) is 5.46. The fraction of sp³-hybridized carbons (Fsp3) is 0.692. The minimum atomic E-state index is -0.800. The van der Waals surface area contributed by atoms with Crippen molar-refractivity contribution in [1.82, 2.24) is 9.78 Å². The van der Waals surface area contributed by atoms with Crippen molar-refractivity contribution in [2.45, 2.75) is 45.1 Å². The van der Waals surface area contributed by atoms with Gasteiger partial charge in [0.25, 0.3) is 0 Å². The van der Waals surface area contributed by atoms with Crippen LogP contribution in [0.25, 0.3) is 0 Å². The zero-order chi connectivity index (χ0) is 15.6. The molecule has 1 fully saturated rings. The van der Waals surface area contributed by atoms with E-state index in [1.165, 1.54) is 4.68 Å². The summed E-state index contributed by atoms with van der Waals surface area (Å²) in [5.74, 6) is -0.796. The molecule has 2 rings (SSSR count). The standard InChI is InChI=1S/C13H20N4O4/c1-3-4-10-11(17(20)21)12(16(2)15-10)14-9-6-5-8(7-9)13(18)19/h8-9,14H,3-7H2,1-2H3,(H,18,19)/t8-,9+/m1/s1. The fourth-order valence-electron chi connectivity index (χ4n) is 2.86. The third-order valence-electron chi connectivity index (χ3n) is 3.88. The maximum atomic E-state index is 11.3. The van der Waals surface area contributed by atoms with Crippen LogP contribution in [-0.4, -0.2) is 31.8 Å². The van der Waals surface area contributed by atoms with E-state index < -0.39 is 10.9 Å². The average Bonchev–Trinajstić information content (AvgIpc) is 2.96. The summed E-state index contributed by atoms with van der Waals surface area (Å²) in [5, 5.41) is 27.6. The van der Waals surface area contributed by atoms with E-state index >= 15 is 0 Å². The lowest BCUT2D eigenvalue weighted by Gasteiger charge is -2.13. The summed E-state index contributed by atoms with van der Waals surface area (Å²) in [6.45, 7) is 1.94. The van der Waals surface area contributed by atoms with Crippen LogP contribution in [0.15, 0.2) is 0 Å². The first-order valence-electron chi connectivity index (χ1n) is 7.13. The summed E-state index contributed by atoms with van der Waals surface area (Å²) >= 11 is 0. The van der Waals surface area contributed by atoms with Crippen molar-refractivity contribution in [2.24, 2.45) is 13.0 Å². The molecule has 0 aromatic carbocycles. The molecule has 1 aliphatic rings. The van der Waals surface area contributed by atoms with E-state index in [2.05, 4.69) is 10.4 Å². The van der Waals surface area contributed by atoms with Crippen LogP contribution in [0.2, 0.25) is 0 Å². The number of nitrogens with zero attached hydrogens (tertiary/aromatic N) is 3. The molecule has 0 radical (unpaired) electrons. The number of nitrogens with one attached hydrogen (secondary N) is 1. The van der Waals surface area contributed by atoms with Crippen molar-refractivity contribution >= 4 is 17.5 Å². The third kappa shape index (κ3) is 3.14. The molecule has 2 N–H and O–H groups in total. The van der Waals surface area contributed by atoms with Gasteiger partial charge in [-0.15, -0.1) is 0 Å². The molecule has 0 bridgehead atoms. The minimum Gasteiger partial charge on any atom is -0.481 e. The van der Waals surface area contributed by atoms with E-state index in [4.69, 9.17) is 5.11 Å². The van der Waals surface area contributed by atoms with Gasteiger partial charge >= 0.3 is 11.7 Å². The highest BCUT2D eigenvalue weighted by molar-refractivity contribution is 5.70. The number of nitro groups is 1. The van der Waals surface area contributed by atoms with Crippen LogP contribution in [0.5, 0.6) is 0 Å². The van der Waals surface area contributed by atoms with Crippen molar-refractivity contribution in [3.63, 3.8) is 0 Å². The molecular weight excluding hydrogens is 276 g/mol. The van der Waals surface area contributed by atoms with Crippen LogP contribution in [0.1, 0.15) is 38.3 Å². The van der Waals surface area contributed by atoms with E-state index in [9.17, 15) is 14.9 Å². The predicted octanol–water partition coefficient (Wildman–Crippen LogP) is 1.95. The van der Waals surface area contributed by atoms with Gasteiger partial charge in [-0.3, -0.25) is 14.9 Å². The van der Waals surface area contributed by atoms with Gasteiger partial charge in [0.15, 0.2) is 0 Å². The predicted molar refractivity (Wildman–Crippen MR) is 76.2 cm³/mol. The summed E-state index contributed by atoms with van der Waals surface area (Å²) in [7, 11) is 1.66. The Bertz CT molecular complexity index is 555. The van der Waals surface area contributed by atoms with Gasteiger partial charge in [-0.25, -0.2) is 4.68 Å². The van der Waals surface area contributed by atoms with Gasteiger partial charge in [0.2, 0.25) is 5.82 Å². The molecule has 1 aliphatic carbocycles. The van der Waals surface area contributed by atoms with E-state index in [1.54, 1.807) is 7.05 Å². The summed E-state index contributed by atoms with van der Waals surface area (Å²) < 4.78 is 1.48. The summed E-state index contributed by atoms with van der Waals surface area (Å²) in [4.78, 5) is 21.9. The normalized spacial score (nSPS) is 21.4. The summed E-state index contributed by atoms with van der Waals surface area (Å²) in [6.07, 6.45) is 3.11. The van der Waals surface area contributed by atoms with Gasteiger partial charge in [-0.05, 0) is 25.7 Å². The molecule has 8 heteroatoms.